The van der Waals surface area contributed by atoms with E-state index in [-0.39, 0.29) is 18.6 Å². The lowest BCUT2D eigenvalue weighted by Gasteiger charge is -1.99. The van der Waals surface area contributed by atoms with E-state index in [0.29, 0.717) is 25.5 Å². The number of furan rings is 1. The topological polar surface area (TPSA) is 66.9 Å². The third kappa shape index (κ3) is 2.86. The molecule has 0 N–H and O–H groups in total. The van der Waals surface area contributed by atoms with Crippen molar-refractivity contribution in [2.45, 2.75) is 12.8 Å². The summed E-state index contributed by atoms with van der Waals surface area (Å²) in [5.41, 5.74) is 1.24. The number of halogens is 2. The van der Waals surface area contributed by atoms with Crippen LogP contribution in [0.4, 0.5) is 0 Å². The fourth-order valence-electron chi connectivity index (χ4n) is 2.12. The molecule has 0 aliphatic heterocycles. The van der Waals surface area contributed by atoms with Crippen molar-refractivity contribution < 1.29 is 9.21 Å². The summed E-state index contributed by atoms with van der Waals surface area (Å²) in [7, 11) is 0. The van der Waals surface area contributed by atoms with Gasteiger partial charge in [-0.3, -0.25) is 4.79 Å². The Hall–Kier alpha value is -1.87. The van der Waals surface area contributed by atoms with E-state index in [0.717, 1.165) is 10.9 Å². The monoisotopic (exact) mass is 350 g/mol. The number of hydrogen-bond donors (Lipinski definition) is 0. The first kappa shape index (κ1) is 15.0. The van der Waals surface area contributed by atoms with Crippen LogP contribution < -0.4 is 0 Å². The molecule has 0 fully saturated rings. The first-order valence-electron chi connectivity index (χ1n) is 6.29. The Bertz CT molecular complexity index is 908. The van der Waals surface area contributed by atoms with Crippen molar-refractivity contribution in [3.8, 4) is 6.07 Å². The predicted molar refractivity (Wildman–Crippen MR) is 85.5 cm³/mol. The van der Waals surface area contributed by atoms with Crippen LogP contribution in [0.5, 0.6) is 0 Å². The number of Topliss-reactive ketones (excluding diaryl/α,β-unsaturated/α-hetero) is 1. The molecule has 0 bridgehead atoms. The van der Waals surface area contributed by atoms with Gasteiger partial charge in [-0.15, -0.1) is 11.3 Å². The Balaban J connectivity index is 1.80. The molecule has 0 amide bonds. The number of thiazole rings is 1. The number of nitriles is 1. The quantitative estimate of drug-likeness (QED) is 0.698. The minimum absolute atomic E-state index is 0.00684. The van der Waals surface area contributed by atoms with Crippen molar-refractivity contribution in [3.63, 3.8) is 0 Å². The number of hydrogen-bond acceptors (Lipinski definition) is 5. The number of benzene rings is 1. The van der Waals surface area contributed by atoms with Crippen LogP contribution >= 0.6 is 34.5 Å². The normalized spacial score (nSPS) is 10.8. The summed E-state index contributed by atoms with van der Waals surface area (Å²) in [5.74, 6) is -0.00684. The highest BCUT2D eigenvalue weighted by Gasteiger charge is 2.15. The number of carbonyl (C=O) groups is 1. The molecular weight excluding hydrogens is 343 g/mol. The molecular formula is C15H8Cl2N2O2S. The lowest BCUT2D eigenvalue weighted by molar-refractivity contribution is -0.117. The van der Waals surface area contributed by atoms with Crippen molar-refractivity contribution >= 4 is 51.3 Å². The maximum Gasteiger partial charge on any atom is 0.154 e. The summed E-state index contributed by atoms with van der Waals surface area (Å²) >= 11 is 13.2. The number of aromatic nitrogens is 1. The van der Waals surface area contributed by atoms with Crippen molar-refractivity contribution in [1.29, 1.82) is 5.26 Å². The molecule has 0 spiro atoms. The SMILES string of the molecule is N#Cc1cnc(CC(=O)Cc2coc3c(Cl)c(Cl)ccc23)s1. The molecule has 0 saturated carbocycles. The maximum atomic E-state index is 12.2. The van der Waals surface area contributed by atoms with Gasteiger partial charge < -0.3 is 4.42 Å². The van der Waals surface area contributed by atoms with E-state index in [2.05, 4.69) is 4.98 Å². The van der Waals surface area contributed by atoms with Gasteiger partial charge in [-0.1, -0.05) is 23.2 Å². The summed E-state index contributed by atoms with van der Waals surface area (Å²) in [6, 6.07) is 5.47. The molecule has 22 heavy (non-hydrogen) atoms. The first-order valence-corrected chi connectivity index (χ1v) is 7.86. The van der Waals surface area contributed by atoms with Gasteiger partial charge in [0.2, 0.25) is 0 Å². The second-order valence-corrected chi connectivity index (χ2v) is 6.52. The van der Waals surface area contributed by atoms with Crippen LogP contribution in [0.3, 0.4) is 0 Å². The van der Waals surface area contributed by atoms with E-state index in [1.165, 1.54) is 23.8 Å². The maximum absolute atomic E-state index is 12.2. The molecule has 110 valence electrons. The van der Waals surface area contributed by atoms with E-state index < -0.39 is 0 Å². The van der Waals surface area contributed by atoms with Gasteiger partial charge in [-0.2, -0.15) is 5.26 Å². The van der Waals surface area contributed by atoms with Crippen molar-refractivity contribution in [1.82, 2.24) is 4.98 Å². The highest BCUT2D eigenvalue weighted by atomic mass is 35.5. The van der Waals surface area contributed by atoms with Crippen LogP contribution in [0, 0.1) is 11.3 Å². The Labute approximate surface area is 139 Å². The summed E-state index contributed by atoms with van der Waals surface area (Å²) in [5, 5.41) is 10.9. The molecule has 3 rings (SSSR count). The van der Waals surface area contributed by atoms with Crippen molar-refractivity contribution in [2.24, 2.45) is 0 Å². The average molecular weight is 351 g/mol. The largest absolute Gasteiger partial charge is 0.462 e. The predicted octanol–water partition coefficient (Wildman–Crippen LogP) is 4.42. The molecule has 0 aliphatic carbocycles. The fourth-order valence-corrected chi connectivity index (χ4v) is 3.22. The lowest BCUT2D eigenvalue weighted by atomic mass is 10.1. The van der Waals surface area contributed by atoms with E-state index in [9.17, 15) is 4.79 Å². The van der Waals surface area contributed by atoms with Crippen LogP contribution in [-0.2, 0) is 17.6 Å². The Kier molecular flexibility index (Phi) is 4.16. The zero-order valence-electron chi connectivity index (χ0n) is 11.1. The number of ketones is 1. The Morgan fingerprint density at radius 2 is 2.18 bits per heavy atom. The molecule has 2 heterocycles. The molecule has 0 radical (unpaired) electrons. The number of nitrogens with zero attached hydrogens (tertiary/aromatic N) is 2. The minimum Gasteiger partial charge on any atom is -0.462 e. The molecule has 0 unspecified atom stereocenters. The number of carbonyl (C=O) groups excluding carboxylic acids is 1. The van der Waals surface area contributed by atoms with Gasteiger partial charge in [-0.25, -0.2) is 4.98 Å². The van der Waals surface area contributed by atoms with E-state index >= 15 is 0 Å². The van der Waals surface area contributed by atoms with Crippen molar-refractivity contribution in [2.75, 3.05) is 0 Å². The second-order valence-electron chi connectivity index (χ2n) is 4.62. The van der Waals surface area contributed by atoms with Gasteiger partial charge in [0, 0.05) is 17.4 Å². The standard InChI is InChI=1S/C15H8Cl2N2O2S/c16-12-2-1-11-8(7-21-15(11)14(12)17)3-9(20)4-13-19-6-10(5-18)22-13/h1-2,6-7H,3-4H2. The summed E-state index contributed by atoms with van der Waals surface area (Å²) in [4.78, 5) is 16.7. The zero-order valence-corrected chi connectivity index (χ0v) is 13.4. The van der Waals surface area contributed by atoms with E-state index in [1.807, 2.05) is 6.07 Å². The summed E-state index contributed by atoms with van der Waals surface area (Å²) < 4.78 is 5.41. The van der Waals surface area contributed by atoms with Crippen LogP contribution in [-0.4, -0.2) is 10.8 Å². The highest BCUT2D eigenvalue weighted by Crippen LogP contribution is 2.33. The van der Waals surface area contributed by atoms with Crippen LogP contribution in [0.25, 0.3) is 11.0 Å². The fraction of sp³-hybridized carbons (Fsp3) is 0.133. The molecule has 2 aromatic heterocycles. The average Bonchev–Trinajstić information content (AvgIpc) is 3.10. The Morgan fingerprint density at radius 3 is 2.91 bits per heavy atom. The highest BCUT2D eigenvalue weighted by molar-refractivity contribution is 7.12. The van der Waals surface area contributed by atoms with Gasteiger partial charge in [0.15, 0.2) is 5.58 Å². The zero-order chi connectivity index (χ0) is 15.7. The molecule has 0 atom stereocenters. The van der Waals surface area contributed by atoms with Gasteiger partial charge >= 0.3 is 0 Å². The number of rotatable bonds is 4. The molecule has 1 aromatic carbocycles. The van der Waals surface area contributed by atoms with E-state index in [4.69, 9.17) is 32.9 Å². The summed E-state index contributed by atoms with van der Waals surface area (Å²) in [6.45, 7) is 0. The van der Waals surface area contributed by atoms with Gasteiger partial charge in [-0.05, 0) is 12.1 Å². The first-order chi connectivity index (χ1) is 10.6. The molecule has 4 nitrogen and oxygen atoms in total. The Morgan fingerprint density at radius 1 is 1.36 bits per heavy atom. The third-order valence-electron chi connectivity index (χ3n) is 3.11. The smallest absolute Gasteiger partial charge is 0.154 e. The molecule has 3 aromatic rings. The second kappa shape index (κ2) is 6.09. The lowest BCUT2D eigenvalue weighted by Crippen LogP contribution is -2.05. The number of fused-ring (bicyclic) bond motifs is 1. The molecule has 7 heteroatoms. The third-order valence-corrected chi connectivity index (χ3v) is 4.80. The summed E-state index contributed by atoms with van der Waals surface area (Å²) in [6.07, 6.45) is 3.41. The van der Waals surface area contributed by atoms with E-state index in [1.54, 1.807) is 12.1 Å². The molecule has 0 aliphatic rings. The van der Waals surface area contributed by atoms with Crippen LogP contribution in [0.15, 0.2) is 29.0 Å². The van der Waals surface area contributed by atoms with Crippen molar-refractivity contribution in [3.05, 3.63) is 50.1 Å². The van der Waals surface area contributed by atoms with Gasteiger partial charge in [0.1, 0.15) is 26.8 Å². The van der Waals surface area contributed by atoms with Crippen LogP contribution in [0.1, 0.15) is 15.4 Å². The minimum atomic E-state index is -0.00684. The molecule has 0 saturated heterocycles. The van der Waals surface area contributed by atoms with Gasteiger partial charge in [0.05, 0.1) is 23.9 Å². The van der Waals surface area contributed by atoms with Crippen LogP contribution in [0.2, 0.25) is 10.0 Å². The van der Waals surface area contributed by atoms with Gasteiger partial charge in [0.25, 0.3) is 0 Å².